The van der Waals surface area contributed by atoms with Crippen LogP contribution in [0.3, 0.4) is 0 Å². The van der Waals surface area contributed by atoms with E-state index in [1.54, 1.807) is 0 Å². The quantitative estimate of drug-likeness (QED) is 0.776. The molecule has 0 aromatic heterocycles. The third-order valence-electron chi connectivity index (χ3n) is 4.02. The molecular formula is C18H26N2O2. The fourth-order valence-electron chi connectivity index (χ4n) is 2.88. The third-order valence-corrected chi connectivity index (χ3v) is 4.02. The van der Waals surface area contributed by atoms with E-state index in [1.807, 2.05) is 34.1 Å². The molecule has 2 amide bonds. The first-order chi connectivity index (χ1) is 10.7. The zero-order valence-electron chi connectivity index (χ0n) is 13.7. The highest BCUT2D eigenvalue weighted by atomic mass is 16.2. The van der Waals surface area contributed by atoms with Crippen molar-refractivity contribution >= 4 is 11.8 Å². The zero-order chi connectivity index (χ0) is 15.9. The molecule has 2 rings (SSSR count). The fraction of sp³-hybridized carbons (Fsp3) is 0.556. The van der Waals surface area contributed by atoms with E-state index in [0.29, 0.717) is 13.0 Å². The third kappa shape index (κ3) is 4.09. The van der Waals surface area contributed by atoms with E-state index in [0.717, 1.165) is 50.0 Å². The highest BCUT2D eigenvalue weighted by Crippen LogP contribution is 2.15. The van der Waals surface area contributed by atoms with Gasteiger partial charge in [0.25, 0.3) is 5.91 Å². The number of benzene rings is 1. The van der Waals surface area contributed by atoms with E-state index < -0.39 is 0 Å². The second-order valence-electron chi connectivity index (χ2n) is 5.91. The Labute approximate surface area is 133 Å². The lowest BCUT2D eigenvalue weighted by Crippen LogP contribution is -2.32. The van der Waals surface area contributed by atoms with Gasteiger partial charge in [0.1, 0.15) is 0 Å². The Morgan fingerprint density at radius 1 is 1.14 bits per heavy atom. The van der Waals surface area contributed by atoms with Crippen molar-refractivity contribution < 1.29 is 9.59 Å². The lowest BCUT2D eigenvalue weighted by Gasteiger charge is -2.22. The van der Waals surface area contributed by atoms with Gasteiger partial charge in [-0.25, -0.2) is 0 Å². The second kappa shape index (κ2) is 7.97. The summed E-state index contributed by atoms with van der Waals surface area (Å²) in [5.41, 5.74) is 1.82. The Morgan fingerprint density at radius 3 is 2.27 bits per heavy atom. The van der Waals surface area contributed by atoms with Crippen molar-refractivity contribution in [2.75, 3.05) is 19.6 Å². The Morgan fingerprint density at radius 2 is 1.77 bits per heavy atom. The minimum Gasteiger partial charge on any atom is -0.339 e. The maximum atomic E-state index is 12.5. The lowest BCUT2D eigenvalue weighted by atomic mass is 10.1. The number of amides is 2. The van der Waals surface area contributed by atoms with Crippen molar-refractivity contribution in [2.45, 2.75) is 46.1 Å². The second-order valence-corrected chi connectivity index (χ2v) is 5.91. The molecule has 0 saturated carbocycles. The van der Waals surface area contributed by atoms with Gasteiger partial charge in [-0.05, 0) is 37.0 Å². The molecule has 4 heteroatoms. The highest BCUT2D eigenvalue weighted by molar-refractivity contribution is 5.94. The highest BCUT2D eigenvalue weighted by Gasteiger charge is 2.20. The Kier molecular flexibility index (Phi) is 5.99. The number of hydrogen-bond acceptors (Lipinski definition) is 2. The van der Waals surface area contributed by atoms with Gasteiger partial charge in [0.2, 0.25) is 5.91 Å². The molecule has 1 saturated heterocycles. The molecule has 0 N–H and O–H groups in total. The average Bonchev–Trinajstić information content (AvgIpc) is 2.92. The van der Waals surface area contributed by atoms with Crippen LogP contribution in [0.25, 0.3) is 0 Å². The molecule has 0 spiro atoms. The van der Waals surface area contributed by atoms with Crippen molar-refractivity contribution in [3.8, 4) is 0 Å². The van der Waals surface area contributed by atoms with Crippen LogP contribution in [-0.2, 0) is 11.3 Å². The van der Waals surface area contributed by atoms with Crippen LogP contribution in [0.4, 0.5) is 0 Å². The molecule has 0 unspecified atom stereocenters. The average molecular weight is 302 g/mol. The molecule has 0 radical (unpaired) electrons. The molecule has 1 aliphatic heterocycles. The molecule has 0 aliphatic carbocycles. The summed E-state index contributed by atoms with van der Waals surface area (Å²) in [4.78, 5) is 27.9. The summed E-state index contributed by atoms with van der Waals surface area (Å²) in [7, 11) is 0. The number of carbonyl (C=O) groups is 2. The smallest absolute Gasteiger partial charge is 0.253 e. The zero-order valence-corrected chi connectivity index (χ0v) is 13.7. The molecule has 0 atom stereocenters. The molecule has 4 nitrogen and oxygen atoms in total. The first-order valence-corrected chi connectivity index (χ1v) is 8.31. The molecule has 120 valence electrons. The van der Waals surface area contributed by atoms with Crippen LogP contribution >= 0.6 is 0 Å². The van der Waals surface area contributed by atoms with Crippen LogP contribution in [0, 0.1) is 0 Å². The summed E-state index contributed by atoms with van der Waals surface area (Å²) in [6.45, 7) is 7.28. The fourth-order valence-corrected chi connectivity index (χ4v) is 2.88. The first kappa shape index (κ1) is 16.5. The van der Waals surface area contributed by atoms with Crippen molar-refractivity contribution in [1.82, 2.24) is 9.80 Å². The summed E-state index contributed by atoms with van der Waals surface area (Å²) in [5.74, 6) is 0.338. The lowest BCUT2D eigenvalue weighted by molar-refractivity contribution is -0.128. The van der Waals surface area contributed by atoms with Gasteiger partial charge in [-0.1, -0.05) is 26.0 Å². The molecule has 1 aliphatic rings. The standard InChI is InChI=1S/C18H26N2O2/c1-3-11-19(12-4-2)18(22)16-9-7-15(8-10-16)14-20-13-5-6-17(20)21/h7-10H,3-6,11-14H2,1-2H3. The number of likely N-dealkylation sites (tertiary alicyclic amines) is 1. The summed E-state index contributed by atoms with van der Waals surface area (Å²) in [5, 5.41) is 0. The van der Waals surface area contributed by atoms with Crippen molar-refractivity contribution in [2.24, 2.45) is 0 Å². The van der Waals surface area contributed by atoms with E-state index in [4.69, 9.17) is 0 Å². The van der Waals surface area contributed by atoms with Gasteiger partial charge in [-0.3, -0.25) is 9.59 Å². The number of hydrogen-bond donors (Lipinski definition) is 0. The van der Waals surface area contributed by atoms with E-state index >= 15 is 0 Å². The van der Waals surface area contributed by atoms with Crippen LogP contribution in [0.2, 0.25) is 0 Å². The maximum absolute atomic E-state index is 12.5. The Bertz CT molecular complexity index is 504. The van der Waals surface area contributed by atoms with E-state index in [9.17, 15) is 9.59 Å². The Balaban J connectivity index is 2.00. The van der Waals surface area contributed by atoms with Crippen LogP contribution in [-0.4, -0.2) is 41.2 Å². The van der Waals surface area contributed by atoms with Gasteiger partial charge in [0.05, 0.1) is 0 Å². The van der Waals surface area contributed by atoms with Gasteiger partial charge in [0.15, 0.2) is 0 Å². The molecule has 1 aromatic carbocycles. The number of rotatable bonds is 7. The van der Waals surface area contributed by atoms with Crippen molar-refractivity contribution in [3.05, 3.63) is 35.4 Å². The maximum Gasteiger partial charge on any atom is 0.253 e. The number of nitrogens with zero attached hydrogens (tertiary/aromatic N) is 2. The predicted octanol–water partition coefficient (Wildman–Crippen LogP) is 3.07. The van der Waals surface area contributed by atoms with Crippen LogP contribution in [0.1, 0.15) is 55.5 Å². The predicted molar refractivity (Wildman–Crippen MR) is 87.6 cm³/mol. The van der Waals surface area contributed by atoms with Gasteiger partial charge >= 0.3 is 0 Å². The van der Waals surface area contributed by atoms with Crippen LogP contribution in [0.15, 0.2) is 24.3 Å². The van der Waals surface area contributed by atoms with E-state index in [-0.39, 0.29) is 11.8 Å². The van der Waals surface area contributed by atoms with Crippen LogP contribution in [0.5, 0.6) is 0 Å². The molecule has 22 heavy (non-hydrogen) atoms. The monoisotopic (exact) mass is 302 g/mol. The van der Waals surface area contributed by atoms with E-state index in [2.05, 4.69) is 13.8 Å². The van der Waals surface area contributed by atoms with Gasteiger partial charge in [0, 0.05) is 38.2 Å². The van der Waals surface area contributed by atoms with Crippen molar-refractivity contribution in [3.63, 3.8) is 0 Å². The molecule has 0 bridgehead atoms. The largest absolute Gasteiger partial charge is 0.339 e. The minimum atomic E-state index is 0.104. The summed E-state index contributed by atoms with van der Waals surface area (Å²) in [6.07, 6.45) is 3.57. The number of carbonyl (C=O) groups excluding carboxylic acids is 2. The SMILES string of the molecule is CCCN(CCC)C(=O)c1ccc(CN2CCCC2=O)cc1. The topological polar surface area (TPSA) is 40.6 Å². The summed E-state index contributed by atoms with van der Waals surface area (Å²) >= 11 is 0. The summed E-state index contributed by atoms with van der Waals surface area (Å²) < 4.78 is 0. The van der Waals surface area contributed by atoms with Gasteiger partial charge in [-0.15, -0.1) is 0 Å². The molecule has 1 fully saturated rings. The normalized spacial score (nSPS) is 14.5. The Hall–Kier alpha value is -1.84. The van der Waals surface area contributed by atoms with Gasteiger partial charge < -0.3 is 9.80 Å². The molecular weight excluding hydrogens is 276 g/mol. The first-order valence-electron chi connectivity index (χ1n) is 8.31. The molecule has 1 heterocycles. The summed E-state index contributed by atoms with van der Waals surface area (Å²) in [6, 6.07) is 7.71. The van der Waals surface area contributed by atoms with Crippen molar-refractivity contribution in [1.29, 1.82) is 0 Å². The van der Waals surface area contributed by atoms with Crippen LogP contribution < -0.4 is 0 Å². The van der Waals surface area contributed by atoms with E-state index in [1.165, 1.54) is 0 Å². The van der Waals surface area contributed by atoms with Gasteiger partial charge in [-0.2, -0.15) is 0 Å². The minimum absolute atomic E-state index is 0.104. The molecule has 1 aromatic rings.